The van der Waals surface area contributed by atoms with E-state index in [1.165, 1.54) is 0 Å². The summed E-state index contributed by atoms with van der Waals surface area (Å²) in [5.41, 5.74) is 1.10. The third-order valence-electron chi connectivity index (χ3n) is 2.84. The largest absolute Gasteiger partial charge is 0.444 e. The van der Waals surface area contributed by atoms with Crippen molar-refractivity contribution in [1.29, 1.82) is 0 Å². The summed E-state index contributed by atoms with van der Waals surface area (Å²) in [4.78, 5) is 4.43. The van der Waals surface area contributed by atoms with Crippen molar-refractivity contribution in [3.05, 3.63) is 42.3 Å². The number of nitrogens with zero attached hydrogens (tertiary/aromatic N) is 1. The van der Waals surface area contributed by atoms with E-state index in [-0.39, 0.29) is 0 Å². The van der Waals surface area contributed by atoms with Crippen molar-refractivity contribution in [2.75, 3.05) is 18.6 Å². The molecule has 0 bridgehead atoms. The fourth-order valence-electron chi connectivity index (χ4n) is 1.92. The van der Waals surface area contributed by atoms with E-state index >= 15 is 0 Å². The summed E-state index contributed by atoms with van der Waals surface area (Å²) in [6.07, 6.45) is 3.64. The topological polar surface area (TPSA) is 58.3 Å². The normalized spacial score (nSPS) is 14.2. The molecule has 5 heteroatoms. The second-order valence-electron chi connectivity index (χ2n) is 5.04. The van der Waals surface area contributed by atoms with Crippen molar-refractivity contribution in [2.24, 2.45) is 0 Å². The molecule has 1 heterocycles. The zero-order valence-electron chi connectivity index (χ0n) is 11.8. The molecule has 0 aliphatic heterocycles. The first-order valence-electron chi connectivity index (χ1n) is 6.52. The lowest BCUT2D eigenvalue weighted by atomic mass is 10.1. The minimum Gasteiger partial charge on any atom is -0.444 e. The minimum atomic E-state index is -0.703. The van der Waals surface area contributed by atoms with Gasteiger partial charge >= 0.3 is 0 Å². The van der Waals surface area contributed by atoms with Crippen LogP contribution in [-0.2, 0) is 6.54 Å². The molecule has 1 aromatic heterocycles. The van der Waals surface area contributed by atoms with Gasteiger partial charge in [-0.1, -0.05) is 18.2 Å². The average molecular weight is 292 g/mol. The van der Waals surface area contributed by atoms with E-state index in [2.05, 4.69) is 10.3 Å². The Morgan fingerprint density at radius 1 is 1.35 bits per heavy atom. The third kappa shape index (κ3) is 4.37. The van der Waals surface area contributed by atoms with E-state index in [4.69, 9.17) is 4.42 Å². The van der Waals surface area contributed by atoms with Crippen LogP contribution in [0.2, 0.25) is 0 Å². The van der Waals surface area contributed by atoms with Crippen LogP contribution in [0.3, 0.4) is 0 Å². The Balaban J connectivity index is 1.88. The fraction of sp³-hybridized carbons (Fsp3) is 0.400. The summed E-state index contributed by atoms with van der Waals surface area (Å²) < 4.78 is 5.46. The third-order valence-corrected chi connectivity index (χ3v) is 3.75. The van der Waals surface area contributed by atoms with E-state index in [1.807, 2.05) is 43.5 Å². The van der Waals surface area contributed by atoms with E-state index < -0.39 is 5.60 Å². The van der Waals surface area contributed by atoms with Gasteiger partial charge in [-0.3, -0.25) is 0 Å². The molecule has 4 nitrogen and oxygen atoms in total. The number of aliphatic hydroxyl groups is 1. The predicted molar refractivity (Wildman–Crippen MR) is 82.7 cm³/mol. The van der Waals surface area contributed by atoms with Gasteiger partial charge in [-0.05, 0) is 25.3 Å². The molecular weight excluding hydrogens is 272 g/mol. The first kappa shape index (κ1) is 15.1. The Bertz CT molecular complexity index is 526. The molecule has 0 amide bonds. The maximum Gasteiger partial charge on any atom is 0.226 e. The lowest BCUT2D eigenvalue weighted by Crippen LogP contribution is -2.39. The molecule has 108 valence electrons. The van der Waals surface area contributed by atoms with Crippen LogP contribution in [0.1, 0.15) is 12.6 Å². The highest BCUT2D eigenvalue weighted by Crippen LogP contribution is 2.17. The Kier molecular flexibility index (Phi) is 5.23. The smallest absolute Gasteiger partial charge is 0.226 e. The number of thioether (sulfide) groups is 1. The van der Waals surface area contributed by atoms with E-state index in [9.17, 15) is 5.11 Å². The first-order chi connectivity index (χ1) is 9.61. The number of aromatic nitrogens is 1. The van der Waals surface area contributed by atoms with Crippen LogP contribution in [0.25, 0.3) is 11.5 Å². The number of hydrogen-bond acceptors (Lipinski definition) is 5. The van der Waals surface area contributed by atoms with Crippen LogP contribution in [0, 0.1) is 0 Å². The fourth-order valence-corrected chi connectivity index (χ4v) is 2.65. The molecule has 2 rings (SSSR count). The van der Waals surface area contributed by atoms with Crippen molar-refractivity contribution in [2.45, 2.75) is 19.1 Å². The molecule has 0 fully saturated rings. The lowest BCUT2D eigenvalue weighted by Gasteiger charge is -2.22. The summed E-state index contributed by atoms with van der Waals surface area (Å²) in [5.74, 6) is 1.33. The lowest BCUT2D eigenvalue weighted by molar-refractivity contribution is 0.0845. The maximum absolute atomic E-state index is 10.0. The quantitative estimate of drug-likeness (QED) is 0.821. The van der Waals surface area contributed by atoms with Gasteiger partial charge in [0, 0.05) is 24.4 Å². The van der Waals surface area contributed by atoms with Gasteiger partial charge in [-0.15, -0.1) is 0 Å². The number of rotatable bonds is 7. The number of benzene rings is 1. The Labute approximate surface area is 123 Å². The Morgan fingerprint density at radius 2 is 2.10 bits per heavy atom. The summed E-state index contributed by atoms with van der Waals surface area (Å²) in [6, 6.07) is 9.80. The molecule has 2 aromatic rings. The van der Waals surface area contributed by atoms with Gasteiger partial charge in [0.15, 0.2) is 0 Å². The van der Waals surface area contributed by atoms with Crippen molar-refractivity contribution < 1.29 is 9.52 Å². The van der Waals surface area contributed by atoms with Crippen LogP contribution in [0.5, 0.6) is 0 Å². The van der Waals surface area contributed by atoms with Gasteiger partial charge in [-0.2, -0.15) is 11.8 Å². The van der Waals surface area contributed by atoms with Crippen molar-refractivity contribution in [1.82, 2.24) is 10.3 Å². The summed E-state index contributed by atoms with van der Waals surface area (Å²) >= 11 is 1.63. The molecule has 0 saturated carbocycles. The predicted octanol–water partition coefficient (Wildman–Crippen LogP) is 2.55. The number of oxazole rings is 1. The second kappa shape index (κ2) is 6.92. The van der Waals surface area contributed by atoms with Gasteiger partial charge in [0.05, 0.1) is 11.3 Å². The zero-order valence-corrected chi connectivity index (χ0v) is 12.6. The number of hydrogen-bond donors (Lipinski definition) is 2. The molecule has 0 radical (unpaired) electrons. The Hall–Kier alpha value is -1.30. The van der Waals surface area contributed by atoms with E-state index in [0.29, 0.717) is 24.7 Å². The van der Waals surface area contributed by atoms with Gasteiger partial charge in [-0.25, -0.2) is 4.98 Å². The van der Waals surface area contributed by atoms with Crippen molar-refractivity contribution in [3.8, 4) is 11.5 Å². The van der Waals surface area contributed by atoms with Gasteiger partial charge in [0.25, 0.3) is 0 Å². The SMILES string of the molecule is CSCC(C)(O)CNCc1coc(-c2ccccc2)n1. The van der Waals surface area contributed by atoms with E-state index in [0.717, 1.165) is 11.3 Å². The highest BCUT2D eigenvalue weighted by atomic mass is 32.2. The molecule has 2 N–H and O–H groups in total. The average Bonchev–Trinajstić information content (AvgIpc) is 2.88. The molecule has 0 spiro atoms. The van der Waals surface area contributed by atoms with Crippen LogP contribution >= 0.6 is 11.8 Å². The maximum atomic E-state index is 10.0. The highest BCUT2D eigenvalue weighted by molar-refractivity contribution is 7.98. The van der Waals surface area contributed by atoms with Crippen LogP contribution < -0.4 is 5.32 Å². The summed E-state index contributed by atoms with van der Waals surface area (Å²) in [6.45, 7) is 2.94. The molecule has 20 heavy (non-hydrogen) atoms. The van der Waals surface area contributed by atoms with Crippen molar-refractivity contribution in [3.63, 3.8) is 0 Å². The highest BCUT2D eigenvalue weighted by Gasteiger charge is 2.18. The van der Waals surface area contributed by atoms with Crippen LogP contribution in [0.4, 0.5) is 0 Å². The van der Waals surface area contributed by atoms with Gasteiger partial charge in [0.1, 0.15) is 6.26 Å². The number of nitrogens with one attached hydrogen (secondary N) is 1. The molecule has 0 aliphatic rings. The van der Waals surface area contributed by atoms with Crippen molar-refractivity contribution >= 4 is 11.8 Å². The zero-order chi connectivity index (χ0) is 14.4. The molecule has 0 saturated heterocycles. The summed E-state index contributed by atoms with van der Waals surface area (Å²) in [5, 5.41) is 13.3. The Morgan fingerprint density at radius 3 is 2.80 bits per heavy atom. The molecule has 1 unspecified atom stereocenters. The molecule has 0 aliphatic carbocycles. The summed E-state index contributed by atoms with van der Waals surface area (Å²) in [7, 11) is 0. The molecule has 1 aromatic carbocycles. The standard InChI is InChI=1S/C15H20N2O2S/c1-15(18,11-20-2)10-16-8-13-9-19-14(17-13)12-6-4-3-5-7-12/h3-7,9,16,18H,8,10-11H2,1-2H3. The first-order valence-corrected chi connectivity index (χ1v) is 7.92. The molecular formula is C15H20N2O2S. The monoisotopic (exact) mass is 292 g/mol. The van der Waals surface area contributed by atoms with E-state index in [1.54, 1.807) is 18.0 Å². The molecule has 1 atom stereocenters. The second-order valence-corrected chi connectivity index (χ2v) is 5.91. The minimum absolute atomic E-state index is 0.529. The van der Waals surface area contributed by atoms with Crippen LogP contribution in [-0.4, -0.2) is 34.2 Å². The van der Waals surface area contributed by atoms with Gasteiger partial charge < -0.3 is 14.8 Å². The van der Waals surface area contributed by atoms with Crippen LogP contribution in [0.15, 0.2) is 41.0 Å². The van der Waals surface area contributed by atoms with Gasteiger partial charge in [0.2, 0.25) is 5.89 Å².